The lowest BCUT2D eigenvalue weighted by Gasteiger charge is -2.23. The van der Waals surface area contributed by atoms with Gasteiger partial charge < -0.3 is 19.6 Å². The van der Waals surface area contributed by atoms with Gasteiger partial charge in [0.25, 0.3) is 11.7 Å². The highest BCUT2D eigenvalue weighted by atomic mass is 16.5. The van der Waals surface area contributed by atoms with Gasteiger partial charge in [-0.1, -0.05) is 32.0 Å². The molecule has 0 bridgehead atoms. The highest BCUT2D eigenvalue weighted by Gasteiger charge is 2.48. The molecule has 0 aliphatic carbocycles. The maximum atomic E-state index is 13.3. The fraction of sp³-hybridized carbons (Fsp3) is 0.161. The van der Waals surface area contributed by atoms with E-state index in [2.05, 4.69) is 19.2 Å². The topological polar surface area (TPSA) is 92.0 Å². The number of benzene rings is 3. The number of carbonyl (C=O) groups is 2. The second-order valence-corrected chi connectivity index (χ2v) is 9.45. The van der Waals surface area contributed by atoms with E-state index in [0.29, 0.717) is 35.3 Å². The summed E-state index contributed by atoms with van der Waals surface area (Å²) in [5.74, 6) is -0.402. The number of furan rings is 1. The van der Waals surface area contributed by atoms with E-state index in [-0.39, 0.29) is 11.3 Å². The van der Waals surface area contributed by atoms with E-state index in [9.17, 15) is 14.7 Å². The largest absolute Gasteiger partial charge is 0.507 e. The lowest BCUT2D eigenvalue weighted by molar-refractivity contribution is -0.132. The lowest BCUT2D eigenvalue weighted by Crippen LogP contribution is -2.29. The smallest absolute Gasteiger partial charge is 0.300 e. The first kappa shape index (κ1) is 24.9. The van der Waals surface area contributed by atoms with Crippen molar-refractivity contribution in [3.63, 3.8) is 0 Å². The molecule has 0 spiro atoms. The van der Waals surface area contributed by atoms with Crippen LogP contribution in [0.3, 0.4) is 0 Å². The number of ketones is 1. The zero-order valence-electron chi connectivity index (χ0n) is 21.1. The third kappa shape index (κ3) is 5.04. The van der Waals surface area contributed by atoms with E-state index in [4.69, 9.17) is 9.15 Å². The Balaban J connectivity index is 1.49. The number of amides is 1. The molecule has 4 aromatic rings. The van der Waals surface area contributed by atoms with Crippen molar-refractivity contribution in [3.05, 3.63) is 114 Å². The maximum absolute atomic E-state index is 13.3. The summed E-state index contributed by atoms with van der Waals surface area (Å²) in [6.07, 6.45) is 1.48. The Bertz CT molecular complexity index is 1440. The average molecular weight is 509 g/mol. The molecule has 0 saturated carbocycles. The van der Waals surface area contributed by atoms with Crippen LogP contribution < -0.4 is 15.0 Å². The Labute approximate surface area is 221 Å². The van der Waals surface area contributed by atoms with Crippen LogP contribution in [0.4, 0.5) is 17.1 Å². The zero-order chi connectivity index (χ0) is 26.6. The Morgan fingerprint density at radius 3 is 2.24 bits per heavy atom. The number of carbonyl (C=O) groups excluding carboxylic acids is 2. The van der Waals surface area contributed by atoms with Gasteiger partial charge in [-0.3, -0.25) is 14.5 Å². The molecule has 1 aromatic heterocycles. The van der Waals surface area contributed by atoms with Crippen molar-refractivity contribution < 1.29 is 23.8 Å². The molecule has 1 unspecified atom stereocenters. The quantitative estimate of drug-likeness (QED) is 0.157. The molecule has 1 atom stereocenters. The summed E-state index contributed by atoms with van der Waals surface area (Å²) in [7, 11) is 0. The van der Waals surface area contributed by atoms with Crippen LogP contribution in [0.15, 0.2) is 107 Å². The number of Topliss-reactive ketones (excluding diaryl/α,β-unsaturated/α-hetero) is 1. The number of aliphatic hydroxyl groups is 1. The molecule has 1 saturated heterocycles. The van der Waals surface area contributed by atoms with Gasteiger partial charge in [-0.2, -0.15) is 0 Å². The molecule has 2 heterocycles. The SMILES string of the molecule is CC(C)COc1ccc(/C(O)=C2/C(=O)C(=O)N(c3ccc(Nc4ccccc4)cc3)C2c2ccco2)cc1. The van der Waals surface area contributed by atoms with Gasteiger partial charge in [0.1, 0.15) is 23.3 Å². The van der Waals surface area contributed by atoms with Gasteiger partial charge in [-0.05, 0) is 78.7 Å². The molecule has 2 N–H and O–H groups in total. The van der Waals surface area contributed by atoms with E-state index in [1.54, 1.807) is 48.5 Å². The number of hydrogen-bond donors (Lipinski definition) is 2. The predicted octanol–water partition coefficient (Wildman–Crippen LogP) is 6.68. The third-order valence-electron chi connectivity index (χ3n) is 6.18. The minimum absolute atomic E-state index is 0.0349. The summed E-state index contributed by atoms with van der Waals surface area (Å²) >= 11 is 0. The summed E-state index contributed by atoms with van der Waals surface area (Å²) in [6, 6.07) is 26.1. The number of aliphatic hydroxyl groups excluding tert-OH is 1. The van der Waals surface area contributed by atoms with Crippen LogP contribution in [-0.2, 0) is 9.59 Å². The van der Waals surface area contributed by atoms with Crippen molar-refractivity contribution in [2.45, 2.75) is 19.9 Å². The van der Waals surface area contributed by atoms with Crippen molar-refractivity contribution in [3.8, 4) is 5.75 Å². The summed E-state index contributed by atoms with van der Waals surface area (Å²) in [5.41, 5.74) is 2.62. The molecule has 5 rings (SSSR count). The van der Waals surface area contributed by atoms with Gasteiger partial charge in [-0.25, -0.2) is 0 Å². The molecule has 1 fully saturated rings. The highest BCUT2D eigenvalue weighted by molar-refractivity contribution is 6.51. The average Bonchev–Trinajstić information content (AvgIpc) is 3.55. The normalized spacial score (nSPS) is 16.7. The first-order valence-electron chi connectivity index (χ1n) is 12.4. The third-order valence-corrected chi connectivity index (χ3v) is 6.18. The minimum Gasteiger partial charge on any atom is -0.507 e. The molecule has 192 valence electrons. The molecule has 3 aromatic carbocycles. The van der Waals surface area contributed by atoms with E-state index in [0.717, 1.165) is 11.4 Å². The van der Waals surface area contributed by atoms with Gasteiger partial charge in [-0.15, -0.1) is 0 Å². The fourth-order valence-corrected chi connectivity index (χ4v) is 4.34. The van der Waals surface area contributed by atoms with Crippen molar-refractivity contribution in [2.75, 3.05) is 16.8 Å². The number of ether oxygens (including phenoxy) is 1. The van der Waals surface area contributed by atoms with Crippen LogP contribution in [-0.4, -0.2) is 23.4 Å². The predicted molar refractivity (Wildman–Crippen MR) is 146 cm³/mol. The van der Waals surface area contributed by atoms with Crippen molar-refractivity contribution in [1.82, 2.24) is 0 Å². The van der Waals surface area contributed by atoms with Gasteiger partial charge >= 0.3 is 0 Å². The monoisotopic (exact) mass is 508 g/mol. The first-order chi connectivity index (χ1) is 18.4. The summed E-state index contributed by atoms with van der Waals surface area (Å²) in [6.45, 7) is 4.68. The van der Waals surface area contributed by atoms with E-state index in [1.165, 1.54) is 11.2 Å². The van der Waals surface area contributed by atoms with Gasteiger partial charge in [0.15, 0.2) is 0 Å². The van der Waals surface area contributed by atoms with Crippen LogP contribution in [0.25, 0.3) is 5.76 Å². The molecule has 1 aliphatic heterocycles. The standard InChI is InChI=1S/C31H28N2O5/c1-20(2)19-38-25-16-10-21(11-17-25)29(34)27-28(26-9-6-18-37-26)33(31(36)30(27)35)24-14-12-23(13-15-24)32-22-7-4-3-5-8-22/h3-18,20,28,32,34H,19H2,1-2H3/b29-27-. The Kier molecular flexibility index (Phi) is 7.00. The molecule has 0 radical (unpaired) electrons. The summed E-state index contributed by atoms with van der Waals surface area (Å²) in [4.78, 5) is 27.9. The van der Waals surface area contributed by atoms with Crippen molar-refractivity contribution in [2.24, 2.45) is 5.92 Å². The fourth-order valence-electron chi connectivity index (χ4n) is 4.34. The summed E-state index contributed by atoms with van der Waals surface area (Å²) < 4.78 is 11.4. The second kappa shape index (κ2) is 10.7. The van der Waals surface area contributed by atoms with Crippen LogP contribution in [0, 0.1) is 5.92 Å². The van der Waals surface area contributed by atoms with Crippen LogP contribution in [0.1, 0.15) is 31.2 Å². The second-order valence-electron chi connectivity index (χ2n) is 9.45. The van der Waals surface area contributed by atoms with E-state index >= 15 is 0 Å². The number of nitrogens with zero attached hydrogens (tertiary/aromatic N) is 1. The molecule has 7 heteroatoms. The Morgan fingerprint density at radius 2 is 1.61 bits per heavy atom. The van der Waals surface area contributed by atoms with E-state index in [1.807, 2.05) is 42.5 Å². The molecule has 1 amide bonds. The Hall–Kier alpha value is -4.78. The number of para-hydroxylation sites is 1. The Morgan fingerprint density at radius 1 is 0.921 bits per heavy atom. The number of anilines is 3. The minimum atomic E-state index is -0.921. The highest BCUT2D eigenvalue weighted by Crippen LogP contribution is 2.42. The maximum Gasteiger partial charge on any atom is 0.300 e. The van der Waals surface area contributed by atoms with Gasteiger partial charge in [0.05, 0.1) is 18.4 Å². The molecular weight excluding hydrogens is 480 g/mol. The van der Waals surface area contributed by atoms with Crippen LogP contribution in [0.5, 0.6) is 5.75 Å². The molecule has 1 aliphatic rings. The summed E-state index contributed by atoms with van der Waals surface area (Å²) in [5, 5.41) is 14.5. The lowest BCUT2D eigenvalue weighted by atomic mass is 9.99. The van der Waals surface area contributed by atoms with Crippen molar-refractivity contribution >= 4 is 34.5 Å². The van der Waals surface area contributed by atoms with Gasteiger partial charge in [0, 0.05) is 22.6 Å². The zero-order valence-corrected chi connectivity index (χ0v) is 21.1. The van der Waals surface area contributed by atoms with Crippen LogP contribution in [0.2, 0.25) is 0 Å². The number of nitrogens with one attached hydrogen (secondary N) is 1. The van der Waals surface area contributed by atoms with Gasteiger partial charge in [0.2, 0.25) is 0 Å². The van der Waals surface area contributed by atoms with Crippen LogP contribution >= 0.6 is 0 Å². The van der Waals surface area contributed by atoms with Crippen molar-refractivity contribution in [1.29, 1.82) is 0 Å². The molecular formula is C31H28N2O5. The first-order valence-corrected chi connectivity index (χ1v) is 12.4. The number of rotatable bonds is 8. The van der Waals surface area contributed by atoms with E-state index < -0.39 is 17.7 Å². The number of hydrogen-bond acceptors (Lipinski definition) is 6. The molecule has 7 nitrogen and oxygen atoms in total. The molecule has 38 heavy (non-hydrogen) atoms.